The third-order valence-electron chi connectivity index (χ3n) is 4.13. The molecule has 1 saturated carbocycles. The highest BCUT2D eigenvalue weighted by Crippen LogP contribution is 2.27. The van der Waals surface area contributed by atoms with Gasteiger partial charge in [0.05, 0.1) is 0 Å². The Kier molecular flexibility index (Phi) is 7.18. The maximum absolute atomic E-state index is 3.85. The van der Waals surface area contributed by atoms with Crippen LogP contribution >= 0.6 is 0 Å². The molecule has 0 saturated heterocycles. The van der Waals surface area contributed by atoms with E-state index in [9.17, 15) is 0 Å². The lowest BCUT2D eigenvalue weighted by atomic mass is 9.95. The minimum absolute atomic E-state index is 0.697. The first-order valence-corrected chi connectivity index (χ1v) is 7.87. The van der Waals surface area contributed by atoms with Crippen molar-refractivity contribution in [3.8, 4) is 0 Å². The van der Waals surface area contributed by atoms with Crippen molar-refractivity contribution in [2.24, 2.45) is 11.8 Å². The first kappa shape index (κ1) is 15.0. The lowest BCUT2D eigenvalue weighted by molar-refractivity contribution is 0.359. The summed E-state index contributed by atoms with van der Waals surface area (Å²) in [6.45, 7) is 9.32. The summed E-state index contributed by atoms with van der Waals surface area (Å²) in [5.74, 6) is 1.84. The summed E-state index contributed by atoms with van der Waals surface area (Å²) in [4.78, 5) is 0. The second-order valence-corrected chi connectivity index (χ2v) is 6.56. The van der Waals surface area contributed by atoms with Crippen LogP contribution < -0.4 is 5.32 Å². The molecule has 1 nitrogen and oxygen atoms in total. The van der Waals surface area contributed by atoms with Gasteiger partial charge >= 0.3 is 0 Å². The van der Waals surface area contributed by atoms with Gasteiger partial charge in [-0.2, -0.15) is 0 Å². The van der Waals surface area contributed by atoms with Crippen LogP contribution in [0.5, 0.6) is 0 Å². The van der Waals surface area contributed by atoms with Crippen LogP contribution in [0.4, 0.5) is 0 Å². The Morgan fingerprint density at radius 1 is 1.06 bits per heavy atom. The Morgan fingerprint density at radius 2 is 1.82 bits per heavy atom. The molecule has 3 unspecified atom stereocenters. The lowest BCUT2D eigenvalue weighted by Gasteiger charge is -2.23. The van der Waals surface area contributed by atoms with Gasteiger partial charge in [0.25, 0.3) is 0 Å². The molecule has 0 amide bonds. The molecule has 0 aromatic rings. The van der Waals surface area contributed by atoms with Crippen molar-refractivity contribution in [1.82, 2.24) is 5.32 Å². The topological polar surface area (TPSA) is 12.0 Å². The molecule has 0 aromatic heterocycles. The lowest BCUT2D eigenvalue weighted by Crippen LogP contribution is -2.36. The van der Waals surface area contributed by atoms with Gasteiger partial charge in [-0.25, -0.2) is 0 Å². The van der Waals surface area contributed by atoms with Crippen LogP contribution in [-0.4, -0.2) is 12.1 Å². The van der Waals surface area contributed by atoms with Crippen LogP contribution in [0, 0.1) is 11.8 Å². The maximum atomic E-state index is 3.85. The fourth-order valence-electron chi connectivity index (χ4n) is 3.42. The van der Waals surface area contributed by atoms with E-state index in [4.69, 9.17) is 0 Å². The predicted molar refractivity (Wildman–Crippen MR) is 77.3 cm³/mol. The minimum Gasteiger partial charge on any atom is -0.311 e. The molecule has 0 spiro atoms. The van der Waals surface area contributed by atoms with E-state index in [-0.39, 0.29) is 0 Å². The molecular formula is C16H33N. The summed E-state index contributed by atoms with van der Waals surface area (Å²) in [6, 6.07) is 1.49. The number of hydrogen-bond acceptors (Lipinski definition) is 1. The zero-order valence-electron chi connectivity index (χ0n) is 12.5. The van der Waals surface area contributed by atoms with Crippen molar-refractivity contribution in [2.75, 3.05) is 0 Å². The number of rotatable bonds is 6. The van der Waals surface area contributed by atoms with E-state index in [2.05, 4.69) is 33.0 Å². The molecule has 0 heterocycles. The summed E-state index contributed by atoms with van der Waals surface area (Å²) in [6.07, 6.45) is 11.3. The van der Waals surface area contributed by atoms with E-state index in [0.29, 0.717) is 6.04 Å². The van der Waals surface area contributed by atoms with Gasteiger partial charge in [0.1, 0.15) is 0 Å². The van der Waals surface area contributed by atoms with Crippen LogP contribution in [0.1, 0.15) is 79.1 Å². The van der Waals surface area contributed by atoms with Crippen molar-refractivity contribution in [3.63, 3.8) is 0 Å². The first-order valence-electron chi connectivity index (χ1n) is 7.87. The molecule has 1 rings (SSSR count). The van der Waals surface area contributed by atoms with E-state index in [1.165, 1.54) is 51.4 Å². The van der Waals surface area contributed by atoms with Crippen molar-refractivity contribution in [3.05, 3.63) is 0 Å². The molecule has 102 valence electrons. The van der Waals surface area contributed by atoms with Gasteiger partial charge in [-0.1, -0.05) is 46.5 Å². The molecule has 1 aliphatic rings. The smallest absolute Gasteiger partial charge is 0.00696 e. The standard InChI is InChI=1S/C16H33N/c1-5-7-15-8-6-9-16(11-10-15)17-14(4)12-13(2)3/h13-17H,5-12H2,1-4H3. The average Bonchev–Trinajstić information content (AvgIpc) is 2.43. The molecular weight excluding hydrogens is 206 g/mol. The highest BCUT2D eigenvalue weighted by Gasteiger charge is 2.19. The number of nitrogens with one attached hydrogen (secondary N) is 1. The molecule has 1 fully saturated rings. The highest BCUT2D eigenvalue weighted by molar-refractivity contribution is 4.77. The van der Waals surface area contributed by atoms with Gasteiger partial charge in [-0.15, -0.1) is 0 Å². The van der Waals surface area contributed by atoms with E-state index in [1.54, 1.807) is 0 Å². The summed E-state index contributed by atoms with van der Waals surface area (Å²) in [5.41, 5.74) is 0. The Balaban J connectivity index is 2.26. The largest absolute Gasteiger partial charge is 0.311 e. The molecule has 1 N–H and O–H groups in total. The molecule has 0 bridgehead atoms. The highest BCUT2D eigenvalue weighted by atomic mass is 14.9. The predicted octanol–water partition coefficient (Wildman–Crippen LogP) is 4.76. The fraction of sp³-hybridized carbons (Fsp3) is 1.00. The van der Waals surface area contributed by atoms with Gasteiger partial charge in [-0.3, -0.25) is 0 Å². The Hall–Kier alpha value is -0.0400. The molecule has 0 radical (unpaired) electrons. The second kappa shape index (κ2) is 8.13. The first-order chi connectivity index (χ1) is 8.11. The third-order valence-corrected chi connectivity index (χ3v) is 4.13. The molecule has 3 atom stereocenters. The van der Waals surface area contributed by atoms with Gasteiger partial charge < -0.3 is 5.32 Å². The van der Waals surface area contributed by atoms with Crippen molar-refractivity contribution < 1.29 is 0 Å². The Morgan fingerprint density at radius 3 is 2.47 bits per heavy atom. The minimum atomic E-state index is 0.697. The van der Waals surface area contributed by atoms with E-state index < -0.39 is 0 Å². The van der Waals surface area contributed by atoms with Crippen molar-refractivity contribution in [1.29, 1.82) is 0 Å². The van der Waals surface area contributed by atoms with Crippen LogP contribution in [0.15, 0.2) is 0 Å². The van der Waals surface area contributed by atoms with Crippen LogP contribution in [-0.2, 0) is 0 Å². The van der Waals surface area contributed by atoms with Crippen LogP contribution in [0.3, 0.4) is 0 Å². The fourth-order valence-corrected chi connectivity index (χ4v) is 3.42. The average molecular weight is 239 g/mol. The quantitative estimate of drug-likeness (QED) is 0.659. The summed E-state index contributed by atoms with van der Waals surface area (Å²) in [7, 11) is 0. The molecule has 0 aromatic carbocycles. The molecule has 1 aliphatic carbocycles. The SMILES string of the molecule is CCCC1CCCC(NC(C)CC(C)C)CC1. The zero-order chi connectivity index (χ0) is 12.7. The zero-order valence-corrected chi connectivity index (χ0v) is 12.5. The summed E-state index contributed by atoms with van der Waals surface area (Å²) in [5, 5.41) is 3.85. The maximum Gasteiger partial charge on any atom is 0.00696 e. The van der Waals surface area contributed by atoms with Crippen molar-refractivity contribution >= 4 is 0 Å². The van der Waals surface area contributed by atoms with E-state index >= 15 is 0 Å². The van der Waals surface area contributed by atoms with Crippen LogP contribution in [0.2, 0.25) is 0 Å². The van der Waals surface area contributed by atoms with E-state index in [0.717, 1.165) is 17.9 Å². The Bertz CT molecular complexity index is 188. The Labute approximate surface area is 109 Å². The molecule has 0 aliphatic heterocycles. The molecule has 1 heteroatoms. The van der Waals surface area contributed by atoms with Gasteiger partial charge in [0.2, 0.25) is 0 Å². The molecule has 17 heavy (non-hydrogen) atoms. The van der Waals surface area contributed by atoms with Crippen molar-refractivity contribution in [2.45, 2.75) is 91.1 Å². The summed E-state index contributed by atoms with van der Waals surface area (Å²) < 4.78 is 0. The van der Waals surface area contributed by atoms with E-state index in [1.807, 2.05) is 0 Å². The summed E-state index contributed by atoms with van der Waals surface area (Å²) >= 11 is 0. The second-order valence-electron chi connectivity index (χ2n) is 6.56. The normalized spacial score (nSPS) is 28.1. The van der Waals surface area contributed by atoms with Gasteiger partial charge in [-0.05, 0) is 44.4 Å². The third kappa shape index (κ3) is 6.45. The monoisotopic (exact) mass is 239 g/mol. The van der Waals surface area contributed by atoms with Gasteiger partial charge in [0.15, 0.2) is 0 Å². The van der Waals surface area contributed by atoms with Crippen LogP contribution in [0.25, 0.3) is 0 Å². The number of hydrogen-bond donors (Lipinski definition) is 1. The van der Waals surface area contributed by atoms with Gasteiger partial charge in [0, 0.05) is 12.1 Å².